The van der Waals surface area contributed by atoms with Crippen LogP contribution in [-0.4, -0.2) is 54.3 Å². The lowest BCUT2D eigenvalue weighted by atomic mass is 10.1. The molecule has 0 aromatic carbocycles. The number of ether oxygens (including phenoxy) is 1. The van der Waals surface area contributed by atoms with Crippen molar-refractivity contribution in [3.63, 3.8) is 0 Å². The standard InChI is InChI=1S/C14H18IN3O/c15-10-1-4-14(16-5-10)17-6-11-2-3-12(7-17)18(11)13-8-19-9-13/h1,4-5,11-13H,2-3,6-9H2/t11-,12?/m1/s1. The Bertz CT molecular complexity index is 448. The van der Waals surface area contributed by atoms with Gasteiger partial charge in [-0.2, -0.15) is 0 Å². The van der Waals surface area contributed by atoms with Gasteiger partial charge in [-0.25, -0.2) is 4.98 Å². The van der Waals surface area contributed by atoms with Gasteiger partial charge in [0.05, 0.1) is 19.3 Å². The third-order valence-electron chi connectivity index (χ3n) is 4.62. The fraction of sp³-hybridized carbons (Fsp3) is 0.643. The maximum atomic E-state index is 5.37. The summed E-state index contributed by atoms with van der Waals surface area (Å²) in [5.74, 6) is 1.14. The molecule has 1 aromatic heterocycles. The number of hydrogen-bond donors (Lipinski definition) is 0. The number of piperazine rings is 1. The van der Waals surface area contributed by atoms with Crippen LogP contribution in [0.1, 0.15) is 12.8 Å². The average Bonchev–Trinajstić information content (AvgIpc) is 2.60. The van der Waals surface area contributed by atoms with Crippen molar-refractivity contribution in [3.05, 3.63) is 21.9 Å². The molecule has 2 atom stereocenters. The molecular weight excluding hydrogens is 353 g/mol. The van der Waals surface area contributed by atoms with Gasteiger partial charge in [0, 0.05) is 34.9 Å². The van der Waals surface area contributed by atoms with E-state index in [1.54, 1.807) is 0 Å². The highest BCUT2D eigenvalue weighted by molar-refractivity contribution is 14.1. The Kier molecular flexibility index (Phi) is 3.16. The molecule has 5 heteroatoms. The second-order valence-electron chi connectivity index (χ2n) is 5.76. The molecule has 0 saturated carbocycles. The van der Waals surface area contributed by atoms with E-state index in [2.05, 4.69) is 49.5 Å². The predicted molar refractivity (Wildman–Crippen MR) is 82.4 cm³/mol. The minimum atomic E-state index is 0.685. The molecule has 0 spiro atoms. The fourth-order valence-electron chi connectivity index (χ4n) is 3.67. The van der Waals surface area contributed by atoms with E-state index in [9.17, 15) is 0 Å². The highest BCUT2D eigenvalue weighted by Gasteiger charge is 2.45. The van der Waals surface area contributed by atoms with Gasteiger partial charge in [-0.05, 0) is 47.6 Å². The third-order valence-corrected chi connectivity index (χ3v) is 5.25. The van der Waals surface area contributed by atoms with Crippen LogP contribution in [0.4, 0.5) is 5.82 Å². The summed E-state index contributed by atoms with van der Waals surface area (Å²) in [6, 6.07) is 6.40. The van der Waals surface area contributed by atoms with Gasteiger partial charge in [0.2, 0.25) is 0 Å². The molecule has 19 heavy (non-hydrogen) atoms. The van der Waals surface area contributed by atoms with Gasteiger partial charge in [0.1, 0.15) is 5.82 Å². The Morgan fingerprint density at radius 2 is 1.84 bits per heavy atom. The summed E-state index contributed by atoms with van der Waals surface area (Å²) in [6.45, 7) is 4.13. The zero-order chi connectivity index (χ0) is 12.8. The Balaban J connectivity index is 1.52. The molecule has 3 aliphatic rings. The highest BCUT2D eigenvalue weighted by Crippen LogP contribution is 2.35. The Labute approximate surface area is 127 Å². The number of hydrogen-bond acceptors (Lipinski definition) is 4. The van der Waals surface area contributed by atoms with Crippen LogP contribution < -0.4 is 4.90 Å². The molecule has 0 radical (unpaired) electrons. The van der Waals surface area contributed by atoms with Crippen LogP contribution in [0.5, 0.6) is 0 Å². The maximum absolute atomic E-state index is 5.37. The molecule has 2 bridgehead atoms. The van der Waals surface area contributed by atoms with Crippen molar-refractivity contribution < 1.29 is 4.74 Å². The Hall–Kier alpha value is -0.400. The van der Waals surface area contributed by atoms with E-state index in [-0.39, 0.29) is 0 Å². The smallest absolute Gasteiger partial charge is 0.128 e. The van der Waals surface area contributed by atoms with E-state index < -0.39 is 0 Å². The van der Waals surface area contributed by atoms with E-state index in [0.29, 0.717) is 18.1 Å². The van der Waals surface area contributed by atoms with Crippen molar-refractivity contribution in [2.75, 3.05) is 31.2 Å². The van der Waals surface area contributed by atoms with Crippen molar-refractivity contribution in [2.24, 2.45) is 0 Å². The minimum Gasteiger partial charge on any atom is -0.378 e. The summed E-state index contributed by atoms with van der Waals surface area (Å²) in [5.41, 5.74) is 0. The van der Waals surface area contributed by atoms with Crippen LogP contribution in [0.25, 0.3) is 0 Å². The average molecular weight is 371 g/mol. The highest BCUT2D eigenvalue weighted by atomic mass is 127. The molecule has 3 fully saturated rings. The molecule has 102 valence electrons. The molecule has 3 saturated heterocycles. The van der Waals surface area contributed by atoms with E-state index in [4.69, 9.17) is 4.74 Å². The van der Waals surface area contributed by atoms with Gasteiger partial charge in [-0.15, -0.1) is 0 Å². The zero-order valence-corrected chi connectivity index (χ0v) is 13.0. The minimum absolute atomic E-state index is 0.685. The molecule has 0 aliphatic carbocycles. The summed E-state index contributed by atoms with van der Waals surface area (Å²) >= 11 is 2.31. The number of rotatable bonds is 2. The number of fused-ring (bicyclic) bond motifs is 2. The largest absolute Gasteiger partial charge is 0.378 e. The van der Waals surface area contributed by atoms with Crippen molar-refractivity contribution >= 4 is 28.4 Å². The number of halogens is 1. The summed E-state index contributed by atoms with van der Waals surface area (Å²) in [6.07, 6.45) is 4.63. The molecule has 1 aromatic rings. The molecule has 3 aliphatic heterocycles. The fourth-order valence-corrected chi connectivity index (χ4v) is 3.99. The first kappa shape index (κ1) is 12.3. The second-order valence-corrected chi connectivity index (χ2v) is 7.01. The van der Waals surface area contributed by atoms with Crippen molar-refractivity contribution in [1.82, 2.24) is 9.88 Å². The number of nitrogens with zero attached hydrogens (tertiary/aromatic N) is 3. The predicted octanol–water partition coefficient (Wildman–Crippen LogP) is 1.74. The molecule has 0 N–H and O–H groups in total. The van der Waals surface area contributed by atoms with E-state index in [0.717, 1.165) is 32.1 Å². The summed E-state index contributed by atoms with van der Waals surface area (Å²) in [7, 11) is 0. The van der Waals surface area contributed by atoms with Crippen LogP contribution in [-0.2, 0) is 4.74 Å². The molecule has 4 nitrogen and oxygen atoms in total. The Morgan fingerprint density at radius 1 is 1.11 bits per heavy atom. The van der Waals surface area contributed by atoms with Gasteiger partial charge < -0.3 is 9.64 Å². The quantitative estimate of drug-likeness (QED) is 0.741. The second kappa shape index (κ2) is 4.86. The summed E-state index contributed by atoms with van der Waals surface area (Å²) in [5, 5.41) is 0. The number of aromatic nitrogens is 1. The van der Waals surface area contributed by atoms with Gasteiger partial charge in [0.25, 0.3) is 0 Å². The Morgan fingerprint density at radius 3 is 2.37 bits per heavy atom. The van der Waals surface area contributed by atoms with Crippen LogP contribution in [0, 0.1) is 3.57 Å². The van der Waals surface area contributed by atoms with E-state index in [1.807, 2.05) is 6.20 Å². The lowest BCUT2D eigenvalue weighted by molar-refractivity contribution is -0.0850. The van der Waals surface area contributed by atoms with Crippen molar-refractivity contribution in [3.8, 4) is 0 Å². The van der Waals surface area contributed by atoms with Crippen molar-refractivity contribution in [1.29, 1.82) is 0 Å². The normalized spacial score (nSPS) is 31.5. The molecule has 4 rings (SSSR count). The first-order valence-corrected chi connectivity index (χ1v) is 8.11. The lowest BCUT2D eigenvalue weighted by Gasteiger charge is -2.47. The van der Waals surface area contributed by atoms with Gasteiger partial charge in [0.15, 0.2) is 0 Å². The zero-order valence-electron chi connectivity index (χ0n) is 10.8. The SMILES string of the molecule is Ic1ccc(N2CC3CC[C@H](C2)N3C2COC2)nc1. The molecule has 1 unspecified atom stereocenters. The lowest BCUT2D eigenvalue weighted by Crippen LogP contribution is -2.62. The van der Waals surface area contributed by atoms with E-state index >= 15 is 0 Å². The number of anilines is 1. The molecule has 0 amide bonds. The maximum Gasteiger partial charge on any atom is 0.128 e. The molecular formula is C14H18IN3O. The van der Waals surface area contributed by atoms with Gasteiger partial charge in [-0.3, -0.25) is 4.90 Å². The van der Waals surface area contributed by atoms with Crippen molar-refractivity contribution in [2.45, 2.75) is 31.0 Å². The first-order valence-electron chi connectivity index (χ1n) is 7.03. The number of pyridine rings is 1. The van der Waals surface area contributed by atoms with E-state index in [1.165, 1.54) is 16.4 Å². The monoisotopic (exact) mass is 371 g/mol. The van der Waals surface area contributed by atoms with Crippen LogP contribution in [0.15, 0.2) is 18.3 Å². The van der Waals surface area contributed by atoms with Crippen LogP contribution in [0.3, 0.4) is 0 Å². The van der Waals surface area contributed by atoms with Crippen LogP contribution >= 0.6 is 22.6 Å². The van der Waals surface area contributed by atoms with Gasteiger partial charge >= 0.3 is 0 Å². The summed E-state index contributed by atoms with van der Waals surface area (Å²) < 4.78 is 6.57. The van der Waals surface area contributed by atoms with Gasteiger partial charge in [-0.1, -0.05) is 0 Å². The molecule has 4 heterocycles. The topological polar surface area (TPSA) is 28.6 Å². The third kappa shape index (κ3) is 2.15. The first-order chi connectivity index (χ1) is 9.31. The van der Waals surface area contributed by atoms with Crippen LogP contribution in [0.2, 0.25) is 0 Å². The summed E-state index contributed by atoms with van der Waals surface area (Å²) in [4.78, 5) is 9.77.